The molecule has 0 aromatic heterocycles. The molecule has 0 spiro atoms. The summed E-state index contributed by atoms with van der Waals surface area (Å²) in [5, 5.41) is 11.2. The summed E-state index contributed by atoms with van der Waals surface area (Å²) >= 11 is -11.6. The van der Waals surface area contributed by atoms with Gasteiger partial charge in [0.2, 0.25) is 0 Å². The van der Waals surface area contributed by atoms with Crippen molar-refractivity contribution in [1.82, 2.24) is 0 Å². The first-order chi connectivity index (χ1) is 20.2. The average Bonchev–Trinajstić information content (AvgIpc) is 2.92. The van der Waals surface area contributed by atoms with Crippen LogP contribution < -0.4 is 25.9 Å². The van der Waals surface area contributed by atoms with Gasteiger partial charge in [0, 0.05) is 6.07 Å². The number of nitrogens with zero attached hydrogens (tertiary/aromatic N) is 1. The first kappa shape index (κ1) is 39.8. The summed E-state index contributed by atoms with van der Waals surface area (Å²) in [5.41, 5.74) is 1.06. The fourth-order valence-electron chi connectivity index (χ4n) is 4.41. The Hall–Kier alpha value is -1.23. The second-order valence-corrected chi connectivity index (χ2v) is 19.0. The number of hydrogen-bond acceptors (Lipinski definition) is 3. The van der Waals surface area contributed by atoms with E-state index in [1.54, 1.807) is 12.1 Å². The summed E-state index contributed by atoms with van der Waals surface area (Å²) in [7, 11) is 0. The van der Waals surface area contributed by atoms with E-state index >= 15 is 0 Å². The third kappa shape index (κ3) is 26.9. The molecular weight excluding hydrogens is 797 g/mol. The predicted molar refractivity (Wildman–Crippen MR) is 159 cm³/mol. The van der Waals surface area contributed by atoms with Crippen molar-refractivity contribution < 1.29 is 47.7 Å². The average molecular weight is 844 g/mol. The van der Waals surface area contributed by atoms with Crippen LogP contribution in [0.2, 0.25) is 0 Å². The Morgan fingerprint density at radius 3 is 1.53 bits per heavy atom. The zero-order valence-corrected chi connectivity index (χ0v) is 29.8. The van der Waals surface area contributed by atoms with Crippen LogP contribution in [0.4, 0.5) is 22.6 Å². The van der Waals surface area contributed by atoms with Crippen molar-refractivity contribution in [3.63, 3.8) is 0 Å². The molecule has 0 saturated heterocycles. The molecule has 0 unspecified atom stereocenters. The van der Waals surface area contributed by atoms with Gasteiger partial charge in [-0.2, -0.15) is 0 Å². The maximum atomic E-state index is 11.2. The van der Waals surface area contributed by atoms with Crippen LogP contribution in [0.1, 0.15) is 115 Å². The minimum absolute atomic E-state index is 0.232. The van der Waals surface area contributed by atoms with E-state index in [2.05, 4.69) is 19.1 Å². The molecule has 0 radical (unpaired) electrons. The predicted octanol–water partition coefficient (Wildman–Crippen LogP) is 8.83. The van der Waals surface area contributed by atoms with Crippen LogP contribution in [0.25, 0.3) is 0 Å². The molecule has 0 amide bonds. The number of para-hydroxylation sites is 1. The van der Waals surface area contributed by atoms with Gasteiger partial charge in [0.15, 0.2) is 8.00 Å². The van der Waals surface area contributed by atoms with Crippen molar-refractivity contribution in [2.24, 2.45) is 0 Å². The second kappa shape index (κ2) is 20.0. The molecule has 12 heteroatoms. The summed E-state index contributed by atoms with van der Waals surface area (Å²) in [6.45, 7) is 3.07. The normalized spacial score (nSPS) is 13.0. The zero-order valence-electron chi connectivity index (χ0n) is 25.1. The summed E-state index contributed by atoms with van der Waals surface area (Å²) < 4.78 is 67.5. The molecule has 0 heterocycles. The Kier molecular flexibility index (Phi) is 18.5. The van der Waals surface area contributed by atoms with Crippen LogP contribution in [0, 0.1) is 13.7 Å². The van der Waals surface area contributed by atoms with Crippen molar-refractivity contribution in [2.45, 2.75) is 114 Å². The third-order valence-corrected chi connectivity index (χ3v) is 9.44. The molecule has 4 nitrogen and oxygen atoms in total. The molecule has 2 aromatic carbocycles. The quantitative estimate of drug-likeness (QED) is 0.0227. The zero-order chi connectivity index (χ0) is 32.1. The topological polar surface area (TPSA) is 52.4 Å². The van der Waals surface area contributed by atoms with E-state index in [0.717, 1.165) is 28.8 Å². The fraction of sp³-hybridized carbons (Fsp3) is 0.613. The monoisotopic (exact) mass is 843 g/mol. The van der Waals surface area contributed by atoms with E-state index < -0.39 is 19.5 Å². The van der Waals surface area contributed by atoms with Gasteiger partial charge in [-0.1, -0.05) is 115 Å². The summed E-state index contributed by atoms with van der Waals surface area (Å²) in [6, 6.07) is 15.4. The molecule has 0 aliphatic heterocycles. The van der Waals surface area contributed by atoms with Gasteiger partial charge >= 0.3 is 57.6 Å². The van der Waals surface area contributed by atoms with Gasteiger partial charge in [0.1, 0.15) is 5.75 Å². The molecule has 0 N–H and O–H groups in total. The molecule has 0 atom stereocenters. The van der Waals surface area contributed by atoms with Crippen LogP contribution in [0.15, 0.2) is 48.5 Å². The van der Waals surface area contributed by atoms with Crippen LogP contribution in [0.5, 0.6) is 5.75 Å². The first-order valence-electron chi connectivity index (χ1n) is 15.3. The number of alkyl halides is 1. The molecule has 2 aromatic rings. The standard InChI is InChI=1S/C31H47INO3.6FH.Sb/c1-2-3-4-5-6-7-8-9-10-11-12-13-14-15-16-19-26-36-30-24-22-29(23-25-30)32-27-28-20-17-18-21-31(28)33(34)35;;;;;;;/h17-18,20-25H,2-16,19,26-27H2,1H3;6*1H;/q+1;;;;;;;+5/p-6. The Balaban J connectivity index is 0.00000117. The Morgan fingerprint density at radius 1 is 0.674 bits per heavy atom. The maximum absolute atomic E-state index is 11.2. The molecule has 0 saturated carbocycles. The Labute approximate surface area is 265 Å². The fourth-order valence-corrected chi connectivity index (χ4v) is 6.78. The van der Waals surface area contributed by atoms with Crippen molar-refractivity contribution in [3.05, 3.63) is 67.8 Å². The van der Waals surface area contributed by atoms with E-state index in [-0.39, 0.29) is 31.8 Å². The van der Waals surface area contributed by atoms with E-state index in [1.807, 2.05) is 24.3 Å². The first-order valence-corrected chi connectivity index (χ1v) is 23.7. The number of hydrogen-bond donors (Lipinski definition) is 0. The molecule has 43 heavy (non-hydrogen) atoms. The number of nitro benzene ring substituents is 1. The van der Waals surface area contributed by atoms with Crippen molar-refractivity contribution in [3.8, 4) is 5.75 Å². The summed E-state index contributed by atoms with van der Waals surface area (Å²) in [4.78, 5) is 10.9. The third-order valence-electron chi connectivity index (χ3n) is 6.63. The summed E-state index contributed by atoms with van der Waals surface area (Å²) in [5.74, 6) is 0.925. The molecule has 0 aliphatic rings. The second-order valence-electron chi connectivity index (χ2n) is 10.7. The number of nitro groups is 1. The van der Waals surface area contributed by atoms with Gasteiger partial charge in [0.25, 0.3) is 5.69 Å². The summed E-state index contributed by atoms with van der Waals surface area (Å²) in [6.07, 6.45) is 22.1. The SMILES string of the molecule is CCCCCCCCCCCCCCCCCCOc1ccc([I+]Cc2ccccc2[N+](=O)[O-])cc1.[F][Sb-]([F])([F])([F])([F])[F]. The van der Waals surface area contributed by atoms with E-state index in [0.29, 0.717) is 0 Å². The number of ether oxygens (including phenoxy) is 1. The number of rotatable bonds is 22. The van der Waals surface area contributed by atoms with Crippen LogP contribution >= 0.6 is 0 Å². The minimum atomic E-state index is -11.2. The Morgan fingerprint density at radius 2 is 1.09 bits per heavy atom. The van der Waals surface area contributed by atoms with E-state index in [9.17, 15) is 27.0 Å². The number of halogens is 7. The molecule has 0 aliphatic carbocycles. The van der Waals surface area contributed by atoms with Gasteiger partial charge in [-0.3, -0.25) is 10.1 Å². The van der Waals surface area contributed by atoms with Crippen molar-refractivity contribution in [1.29, 1.82) is 0 Å². The van der Waals surface area contributed by atoms with Gasteiger partial charge in [-0.25, -0.2) is 0 Å². The van der Waals surface area contributed by atoms with Crippen LogP contribution in [-0.2, 0) is 4.43 Å². The van der Waals surface area contributed by atoms with Crippen molar-refractivity contribution >= 4 is 25.2 Å². The Bertz CT molecular complexity index is 1030. The van der Waals surface area contributed by atoms with Gasteiger partial charge in [0.05, 0.1) is 17.1 Å². The van der Waals surface area contributed by atoms with Gasteiger partial charge in [-0.15, -0.1) is 0 Å². The van der Waals surface area contributed by atoms with Crippen LogP contribution in [0.3, 0.4) is 0 Å². The number of benzene rings is 2. The van der Waals surface area contributed by atoms with Crippen molar-refractivity contribution in [2.75, 3.05) is 6.61 Å². The van der Waals surface area contributed by atoms with Crippen LogP contribution in [-0.4, -0.2) is 31.0 Å². The molecule has 248 valence electrons. The number of unbranched alkanes of at least 4 members (excludes halogenated alkanes) is 15. The van der Waals surface area contributed by atoms with Gasteiger partial charge in [-0.05, 0) is 36.8 Å². The van der Waals surface area contributed by atoms with E-state index in [1.165, 1.54) is 99.9 Å². The van der Waals surface area contributed by atoms with Gasteiger partial charge < -0.3 is 4.74 Å². The molecule has 0 bridgehead atoms. The molecule has 2 rings (SSSR count). The molecular formula is C31H47F6INO3Sb. The van der Waals surface area contributed by atoms with E-state index in [4.69, 9.17) is 4.74 Å². The molecule has 0 fully saturated rings.